The van der Waals surface area contributed by atoms with E-state index in [1.807, 2.05) is 47.7 Å². The maximum atomic E-state index is 13.4. The molecule has 0 N–H and O–H groups in total. The highest BCUT2D eigenvalue weighted by atomic mass is 28.3. The molecule has 0 aliphatic carbocycles. The molecule has 0 spiro atoms. The van der Waals surface area contributed by atoms with Crippen molar-refractivity contribution >= 4 is 44.1 Å². The van der Waals surface area contributed by atoms with Crippen molar-refractivity contribution in [2.45, 2.75) is 90.9 Å². The lowest BCUT2D eigenvalue weighted by Crippen LogP contribution is -2.75. The minimum atomic E-state index is -2.41. The number of imide groups is 1. The van der Waals surface area contributed by atoms with E-state index in [0.29, 0.717) is 18.4 Å². The first kappa shape index (κ1) is 31.8. The molecule has 39 heavy (non-hydrogen) atoms. The Morgan fingerprint density at radius 3 is 2.18 bits per heavy atom. The smallest absolute Gasteiger partial charge is 0.425 e. The summed E-state index contributed by atoms with van der Waals surface area (Å²) in [5, 5.41) is -0.205. The fourth-order valence-electron chi connectivity index (χ4n) is 4.15. The van der Waals surface area contributed by atoms with E-state index >= 15 is 0 Å². The van der Waals surface area contributed by atoms with Crippen LogP contribution in [0.3, 0.4) is 0 Å². The van der Waals surface area contributed by atoms with Crippen molar-refractivity contribution in [3.05, 3.63) is 29.4 Å². The van der Waals surface area contributed by atoms with Gasteiger partial charge in [0.15, 0.2) is 8.24 Å². The lowest BCUT2D eigenvalue weighted by atomic mass is 9.82. The number of hydrogen-bond acceptors (Lipinski definition) is 7. The van der Waals surface area contributed by atoms with Crippen LogP contribution in [0.15, 0.2) is 18.3 Å². The summed E-state index contributed by atoms with van der Waals surface area (Å²) in [5.41, 5.74) is 9.60. The molecule has 0 aromatic carbocycles. The molecule has 12 heteroatoms. The zero-order chi connectivity index (χ0) is 29.4. The van der Waals surface area contributed by atoms with Gasteiger partial charge in [0.05, 0.1) is 19.1 Å². The van der Waals surface area contributed by atoms with Gasteiger partial charge in [0.2, 0.25) is 5.91 Å². The van der Waals surface area contributed by atoms with Gasteiger partial charge in [0.25, 0.3) is 5.78 Å². The topological polar surface area (TPSA) is 143 Å². The molecule has 1 aromatic rings. The molecule has 2 heterocycles. The van der Waals surface area contributed by atoms with Crippen LogP contribution in [0.4, 0.5) is 15.4 Å². The number of carbonyl (C=O) groups is 4. The average molecular weight is 560 g/mol. The first-order valence-electron chi connectivity index (χ1n) is 13.4. The van der Waals surface area contributed by atoms with Crippen LogP contribution >= 0.6 is 0 Å². The zero-order valence-corrected chi connectivity index (χ0v) is 25.1. The van der Waals surface area contributed by atoms with E-state index in [9.17, 15) is 19.2 Å². The second-order valence-corrected chi connectivity index (χ2v) is 16.3. The highest BCUT2D eigenvalue weighted by Crippen LogP contribution is 2.45. The summed E-state index contributed by atoms with van der Waals surface area (Å²) >= 11 is 0. The molecule has 3 amide bonds. The average Bonchev–Trinajstić information content (AvgIpc) is 2.85. The monoisotopic (exact) mass is 559 g/mol. The Balaban J connectivity index is 2.37. The third-order valence-electron chi connectivity index (χ3n) is 7.43. The molecule has 0 bridgehead atoms. The minimum Gasteiger partial charge on any atom is -0.449 e. The summed E-state index contributed by atoms with van der Waals surface area (Å²) in [6, 6.07) is 2.41. The first-order valence-corrected chi connectivity index (χ1v) is 16.4. The van der Waals surface area contributed by atoms with Gasteiger partial charge in [-0.05, 0) is 42.0 Å². The number of aromatic nitrogens is 1. The van der Waals surface area contributed by atoms with Gasteiger partial charge in [0.1, 0.15) is 11.9 Å². The Bertz CT molecular complexity index is 1090. The quantitative estimate of drug-likeness (QED) is 0.0875. The van der Waals surface area contributed by atoms with Gasteiger partial charge in [0, 0.05) is 6.20 Å². The molecule has 1 aliphatic heterocycles. The van der Waals surface area contributed by atoms with Crippen molar-refractivity contribution in [2.24, 2.45) is 5.92 Å². The second kappa shape index (κ2) is 13.6. The van der Waals surface area contributed by atoms with Crippen LogP contribution < -0.4 is 4.90 Å². The molecule has 11 nitrogen and oxygen atoms in total. The summed E-state index contributed by atoms with van der Waals surface area (Å²) in [6.45, 7) is 14.4. The molecule has 2 atom stereocenters. The predicted octanol–water partition coefficient (Wildman–Crippen LogP) is 5.01. The van der Waals surface area contributed by atoms with Gasteiger partial charge >= 0.3 is 18.4 Å². The van der Waals surface area contributed by atoms with Crippen LogP contribution in [0.25, 0.3) is 5.53 Å². The van der Waals surface area contributed by atoms with Crippen molar-refractivity contribution in [1.82, 2.24) is 9.55 Å². The Hall–Kier alpha value is -3.37. The first-order chi connectivity index (χ1) is 18.3. The second-order valence-electron chi connectivity index (χ2n) is 11.2. The van der Waals surface area contributed by atoms with Gasteiger partial charge in [-0.2, -0.15) is 9.69 Å². The number of nitrogens with zero attached hydrogens (tertiary/aromatic N) is 5. The van der Waals surface area contributed by atoms with Crippen LogP contribution in [0.1, 0.15) is 65.9 Å². The third-order valence-corrected chi connectivity index (χ3v) is 12.8. The molecule has 1 saturated heterocycles. The van der Waals surface area contributed by atoms with Gasteiger partial charge in [-0.3, -0.25) is 9.59 Å². The summed E-state index contributed by atoms with van der Waals surface area (Å²) in [5.74, 6) is -1.30. The van der Waals surface area contributed by atoms with E-state index in [0.717, 1.165) is 24.0 Å². The number of unbranched alkanes of at least 4 members (excludes halogenated alkanes) is 2. The summed E-state index contributed by atoms with van der Waals surface area (Å²) < 4.78 is 12.2. The maximum Gasteiger partial charge on any atom is 0.425 e. The molecule has 1 aliphatic rings. The summed E-state index contributed by atoms with van der Waals surface area (Å²) in [7, 11) is -2.41. The fourth-order valence-corrected chi connectivity index (χ4v) is 6.60. The number of anilines is 1. The number of Topliss-reactive ketones (excluding diaryl/α,β-unsaturated/α-hetero) is 1. The van der Waals surface area contributed by atoms with Gasteiger partial charge in [-0.1, -0.05) is 60.6 Å². The zero-order valence-electron chi connectivity index (χ0n) is 24.1. The van der Waals surface area contributed by atoms with Crippen LogP contribution in [-0.2, 0) is 25.5 Å². The van der Waals surface area contributed by atoms with Gasteiger partial charge in [-0.25, -0.2) is 14.6 Å². The van der Waals surface area contributed by atoms with Crippen molar-refractivity contribution in [2.75, 3.05) is 18.1 Å². The molecule has 2 rings (SSSR count). The number of hydrogen-bond donors (Lipinski definition) is 0. The van der Waals surface area contributed by atoms with Crippen molar-refractivity contribution in [3.63, 3.8) is 0 Å². The van der Waals surface area contributed by atoms with E-state index in [-0.39, 0.29) is 36.4 Å². The number of ketones is 1. The minimum absolute atomic E-state index is 0.00307. The highest BCUT2D eigenvalue weighted by molar-refractivity contribution is 6.80. The van der Waals surface area contributed by atoms with E-state index in [1.165, 1.54) is 12.3 Å². The Morgan fingerprint density at radius 2 is 1.69 bits per heavy atom. The number of ether oxygens (including phenoxy) is 2. The maximum absolute atomic E-state index is 13.4. The van der Waals surface area contributed by atoms with Crippen molar-refractivity contribution in [3.8, 4) is 0 Å². The Kier molecular flexibility index (Phi) is 11.1. The molecule has 0 unspecified atom stereocenters. The normalized spacial score (nSPS) is 17.1. The predicted molar refractivity (Wildman–Crippen MR) is 149 cm³/mol. The molecular formula is C27H41N5O6Si. The molecule has 0 saturated carbocycles. The Morgan fingerprint density at radius 1 is 1.13 bits per heavy atom. The lowest BCUT2D eigenvalue weighted by molar-refractivity contribution is -0.153. The summed E-state index contributed by atoms with van der Waals surface area (Å²) in [4.78, 5) is 59.9. The molecule has 1 fully saturated rings. The van der Waals surface area contributed by atoms with E-state index in [4.69, 9.17) is 15.0 Å². The number of amides is 3. The van der Waals surface area contributed by atoms with Crippen LogP contribution in [0, 0.1) is 5.92 Å². The van der Waals surface area contributed by atoms with Crippen LogP contribution in [0.2, 0.25) is 18.1 Å². The van der Waals surface area contributed by atoms with Crippen molar-refractivity contribution in [1.29, 1.82) is 0 Å². The molecule has 1 aromatic heterocycles. The van der Waals surface area contributed by atoms with E-state index < -0.39 is 38.2 Å². The SMILES string of the molecule is CCCCOC(=O)N(C(=O)OCCCC)c1cc(C[C@H]2C(=O)N([Si](C)(C)C(C)(C)C)[C@@H]2C(=O)C=[N+]=[N-])ccn1. The Labute approximate surface area is 231 Å². The summed E-state index contributed by atoms with van der Waals surface area (Å²) in [6.07, 6.45) is 3.53. The van der Waals surface area contributed by atoms with Crippen LogP contribution in [-0.4, -0.2) is 71.9 Å². The van der Waals surface area contributed by atoms with E-state index in [2.05, 4.69) is 9.77 Å². The van der Waals surface area contributed by atoms with E-state index in [1.54, 1.807) is 10.6 Å². The third kappa shape index (κ3) is 7.39. The fraction of sp³-hybridized carbons (Fsp3) is 0.630. The van der Waals surface area contributed by atoms with Gasteiger partial charge in [-0.15, -0.1) is 0 Å². The number of β-lactam (4-membered cyclic amide) rings is 1. The number of rotatable bonds is 12. The molecular weight excluding hydrogens is 518 g/mol. The highest BCUT2D eigenvalue weighted by Gasteiger charge is 2.59. The van der Waals surface area contributed by atoms with Crippen molar-refractivity contribution < 1.29 is 33.4 Å². The molecule has 214 valence electrons. The molecule has 0 radical (unpaired) electrons. The number of carbonyl (C=O) groups excluding carboxylic acids is 4. The largest absolute Gasteiger partial charge is 0.449 e. The van der Waals surface area contributed by atoms with Crippen LogP contribution in [0.5, 0.6) is 0 Å². The lowest BCUT2D eigenvalue weighted by Gasteiger charge is -2.57. The standard InChI is InChI=1S/C27H41N5O6Si/c1-8-10-14-37-25(35)31(26(36)38-15-11-9-2)22-17-19(12-13-29-22)16-20-23(21(33)18-30-28)32(24(20)34)39(6,7)27(3,4)5/h12-13,17-18,20,23H,8-11,14-16H2,1-7H3/t20-,23+/m1/s1. The number of pyridine rings is 1. The van der Waals surface area contributed by atoms with Gasteiger partial charge < -0.3 is 19.6 Å².